The number of hydrogen-bond acceptors (Lipinski definition) is 4. The Morgan fingerprint density at radius 3 is 2.68 bits per heavy atom. The van der Waals surface area contributed by atoms with Crippen LogP contribution in [0.25, 0.3) is 6.08 Å². The van der Waals surface area contributed by atoms with Gasteiger partial charge in [0.25, 0.3) is 17.4 Å². The van der Waals surface area contributed by atoms with Crippen molar-refractivity contribution in [2.24, 2.45) is 5.92 Å². The number of nitrogens with zero attached hydrogens (tertiary/aromatic N) is 2. The van der Waals surface area contributed by atoms with E-state index in [0.717, 1.165) is 16.6 Å². The van der Waals surface area contributed by atoms with Crippen molar-refractivity contribution in [1.82, 2.24) is 14.8 Å². The lowest BCUT2D eigenvalue weighted by atomic mass is 9.83. The van der Waals surface area contributed by atoms with Crippen LogP contribution in [-0.2, 0) is 11.3 Å². The van der Waals surface area contributed by atoms with Gasteiger partial charge in [-0.15, -0.1) is 0 Å². The number of rotatable bonds is 5. The number of likely N-dealkylation sites (tertiary alicyclic amines) is 1. The molecule has 7 nitrogen and oxygen atoms in total. The van der Waals surface area contributed by atoms with Crippen molar-refractivity contribution in [3.8, 4) is 5.75 Å². The SMILES string of the molecule is COc1ccc(Br)cc1/C=C(\NC(=O)c1ccccc1F)C(=O)N1CC2CC(C1)c1cccc(=O)n1C2. The fourth-order valence-electron chi connectivity index (χ4n) is 5.19. The highest BCUT2D eigenvalue weighted by molar-refractivity contribution is 9.10. The van der Waals surface area contributed by atoms with Crippen LogP contribution in [0.15, 0.2) is 75.6 Å². The van der Waals surface area contributed by atoms with Gasteiger partial charge in [0.1, 0.15) is 17.3 Å². The largest absolute Gasteiger partial charge is 0.496 e. The van der Waals surface area contributed by atoms with Crippen LogP contribution in [0.5, 0.6) is 5.75 Å². The number of hydrogen-bond donors (Lipinski definition) is 1. The number of halogens is 2. The maximum atomic E-state index is 14.3. The van der Waals surface area contributed by atoms with E-state index in [9.17, 15) is 18.8 Å². The number of benzene rings is 2. The summed E-state index contributed by atoms with van der Waals surface area (Å²) >= 11 is 3.44. The van der Waals surface area contributed by atoms with Gasteiger partial charge in [0.05, 0.1) is 12.7 Å². The third kappa shape index (κ3) is 5.09. The summed E-state index contributed by atoms with van der Waals surface area (Å²) in [5, 5.41) is 2.65. The van der Waals surface area contributed by atoms with Crippen molar-refractivity contribution in [2.75, 3.05) is 20.2 Å². The molecule has 3 aromatic rings. The molecule has 37 heavy (non-hydrogen) atoms. The van der Waals surface area contributed by atoms with Gasteiger partial charge in [0.15, 0.2) is 0 Å². The van der Waals surface area contributed by atoms with Crippen LogP contribution in [0.3, 0.4) is 0 Å². The number of carbonyl (C=O) groups excluding carboxylic acids is 2. The van der Waals surface area contributed by atoms with E-state index in [1.165, 1.54) is 25.3 Å². The number of nitrogens with one attached hydrogen (secondary N) is 1. The van der Waals surface area contributed by atoms with E-state index in [1.807, 2.05) is 6.07 Å². The van der Waals surface area contributed by atoms with E-state index in [1.54, 1.807) is 51.9 Å². The molecule has 2 atom stereocenters. The average Bonchev–Trinajstić information content (AvgIpc) is 2.89. The maximum absolute atomic E-state index is 14.3. The van der Waals surface area contributed by atoms with Gasteiger partial charge in [-0.1, -0.05) is 34.1 Å². The van der Waals surface area contributed by atoms with Crippen molar-refractivity contribution in [1.29, 1.82) is 0 Å². The second kappa shape index (κ2) is 10.3. The van der Waals surface area contributed by atoms with Gasteiger partial charge in [-0.3, -0.25) is 14.4 Å². The first kappa shape index (κ1) is 25.0. The van der Waals surface area contributed by atoms with E-state index in [2.05, 4.69) is 21.2 Å². The first-order valence-electron chi connectivity index (χ1n) is 11.9. The number of piperidine rings is 1. The molecule has 2 unspecified atom stereocenters. The van der Waals surface area contributed by atoms with Gasteiger partial charge >= 0.3 is 0 Å². The molecule has 2 amide bonds. The molecule has 2 aliphatic heterocycles. The van der Waals surface area contributed by atoms with Crippen LogP contribution < -0.4 is 15.6 Å². The molecule has 2 aromatic carbocycles. The molecule has 9 heteroatoms. The molecule has 0 saturated carbocycles. The Balaban J connectivity index is 1.50. The molecule has 0 spiro atoms. The summed E-state index contributed by atoms with van der Waals surface area (Å²) in [6.45, 7) is 1.38. The Hall–Kier alpha value is -3.72. The van der Waals surface area contributed by atoms with Gasteiger partial charge < -0.3 is 19.5 Å². The summed E-state index contributed by atoms with van der Waals surface area (Å²) in [6.07, 6.45) is 2.43. The van der Waals surface area contributed by atoms with E-state index in [-0.39, 0.29) is 34.6 Å². The van der Waals surface area contributed by atoms with Gasteiger partial charge in [0.2, 0.25) is 0 Å². The van der Waals surface area contributed by atoms with Crippen molar-refractivity contribution in [3.63, 3.8) is 0 Å². The first-order valence-corrected chi connectivity index (χ1v) is 12.7. The summed E-state index contributed by atoms with van der Waals surface area (Å²) in [4.78, 5) is 41.0. The summed E-state index contributed by atoms with van der Waals surface area (Å²) in [5.74, 6) is -1.15. The molecule has 1 N–H and O–H groups in total. The molecule has 2 bridgehead atoms. The predicted octanol–water partition coefficient (Wildman–Crippen LogP) is 4.18. The highest BCUT2D eigenvalue weighted by Gasteiger charge is 2.37. The Kier molecular flexibility index (Phi) is 6.97. The van der Waals surface area contributed by atoms with Crippen molar-refractivity contribution < 1.29 is 18.7 Å². The quantitative estimate of drug-likeness (QED) is 0.471. The fraction of sp³-hybridized carbons (Fsp3) is 0.250. The zero-order chi connectivity index (χ0) is 26.1. The molecule has 1 saturated heterocycles. The molecule has 190 valence electrons. The topological polar surface area (TPSA) is 80.6 Å². The zero-order valence-electron chi connectivity index (χ0n) is 20.1. The minimum atomic E-state index is -0.722. The maximum Gasteiger partial charge on any atom is 0.270 e. The molecule has 1 aromatic heterocycles. The number of ether oxygens (including phenoxy) is 1. The lowest BCUT2D eigenvalue weighted by Gasteiger charge is -2.43. The van der Waals surface area contributed by atoms with E-state index >= 15 is 0 Å². The van der Waals surface area contributed by atoms with Crippen LogP contribution >= 0.6 is 15.9 Å². The Morgan fingerprint density at radius 1 is 1.08 bits per heavy atom. The lowest BCUT2D eigenvalue weighted by molar-refractivity contribution is -0.130. The highest BCUT2D eigenvalue weighted by Crippen LogP contribution is 2.35. The number of carbonyl (C=O) groups is 2. The van der Waals surface area contributed by atoms with Crippen molar-refractivity contribution in [2.45, 2.75) is 18.9 Å². The van der Waals surface area contributed by atoms with Crippen molar-refractivity contribution in [3.05, 3.63) is 104 Å². The number of pyridine rings is 1. The van der Waals surface area contributed by atoms with Gasteiger partial charge in [-0.25, -0.2) is 4.39 Å². The Morgan fingerprint density at radius 2 is 1.89 bits per heavy atom. The molecule has 0 aliphatic carbocycles. The minimum absolute atomic E-state index is 0.00859. The monoisotopic (exact) mass is 565 g/mol. The third-order valence-corrected chi connectivity index (χ3v) is 7.35. The van der Waals surface area contributed by atoms with Gasteiger partial charge in [0, 0.05) is 47.3 Å². The number of amides is 2. The second-order valence-electron chi connectivity index (χ2n) is 9.29. The lowest BCUT2D eigenvalue weighted by Crippen LogP contribution is -2.50. The first-order chi connectivity index (χ1) is 17.8. The minimum Gasteiger partial charge on any atom is -0.496 e. The van der Waals surface area contributed by atoms with E-state index in [4.69, 9.17) is 4.74 Å². The predicted molar refractivity (Wildman–Crippen MR) is 141 cm³/mol. The molecule has 3 heterocycles. The molecular formula is C28H25BrFN3O4. The molecule has 0 radical (unpaired) electrons. The fourth-order valence-corrected chi connectivity index (χ4v) is 5.57. The van der Waals surface area contributed by atoms with E-state index in [0.29, 0.717) is 30.9 Å². The Bertz CT molecular complexity index is 1470. The van der Waals surface area contributed by atoms with Gasteiger partial charge in [-0.05, 0) is 54.8 Å². The third-order valence-electron chi connectivity index (χ3n) is 6.86. The molecular weight excluding hydrogens is 541 g/mol. The number of aromatic nitrogens is 1. The summed E-state index contributed by atoms with van der Waals surface area (Å²) in [7, 11) is 1.52. The number of fused-ring (bicyclic) bond motifs is 4. The van der Waals surface area contributed by atoms with Crippen molar-refractivity contribution >= 4 is 33.8 Å². The van der Waals surface area contributed by atoms with Gasteiger partial charge in [-0.2, -0.15) is 0 Å². The van der Waals surface area contributed by atoms with Crippen LogP contribution in [0, 0.1) is 11.7 Å². The standard InChI is InChI=1S/C28H25BrFN3O4/c1-37-25-10-9-20(29)12-18(25)13-23(31-27(35)21-5-2-3-6-22(21)30)28(36)32-14-17-11-19(16-32)24-7-4-8-26(34)33(24)15-17/h2-10,12-13,17,19H,11,14-16H2,1H3,(H,31,35)/b23-13-. The summed E-state index contributed by atoms with van der Waals surface area (Å²) in [6, 6.07) is 16.2. The van der Waals surface area contributed by atoms with Crippen LogP contribution in [0.2, 0.25) is 0 Å². The second-order valence-corrected chi connectivity index (χ2v) is 10.2. The molecule has 1 fully saturated rings. The average molecular weight is 566 g/mol. The number of methoxy groups -OCH3 is 1. The molecule has 2 aliphatic rings. The van der Waals surface area contributed by atoms with Crippen LogP contribution in [-0.4, -0.2) is 41.5 Å². The van der Waals surface area contributed by atoms with Crippen LogP contribution in [0.1, 0.15) is 34.0 Å². The van der Waals surface area contributed by atoms with Crippen LogP contribution in [0.4, 0.5) is 4.39 Å². The summed E-state index contributed by atoms with van der Waals surface area (Å²) in [5.41, 5.74) is 1.30. The molecule has 5 rings (SSSR count). The zero-order valence-corrected chi connectivity index (χ0v) is 21.7. The summed E-state index contributed by atoms with van der Waals surface area (Å²) < 4.78 is 22.4. The smallest absolute Gasteiger partial charge is 0.270 e. The highest BCUT2D eigenvalue weighted by atomic mass is 79.9. The Labute approximate surface area is 221 Å². The van der Waals surface area contributed by atoms with E-state index < -0.39 is 11.7 Å². The normalized spacial score (nSPS) is 18.7.